The second-order valence-corrected chi connectivity index (χ2v) is 6.95. The van der Waals surface area contributed by atoms with Crippen molar-refractivity contribution >= 4 is 12.9 Å². The fraction of sp³-hybridized carbons (Fsp3) is 0.0526. The molecule has 23 heavy (non-hydrogen) atoms. The molecule has 0 aliphatic rings. The lowest BCUT2D eigenvalue weighted by Crippen LogP contribution is -2.12. The third-order valence-electron chi connectivity index (χ3n) is 3.29. The predicted molar refractivity (Wildman–Crippen MR) is 92.0 cm³/mol. The van der Waals surface area contributed by atoms with Gasteiger partial charge in [-0.3, -0.25) is 4.52 Å². The maximum atomic E-state index is 13.3. The van der Waals surface area contributed by atoms with E-state index in [2.05, 4.69) is 0 Å². The van der Waals surface area contributed by atoms with E-state index in [1.165, 1.54) is 0 Å². The summed E-state index contributed by atoms with van der Waals surface area (Å²) in [6.07, 6.45) is 0. The summed E-state index contributed by atoms with van der Waals surface area (Å²) in [5.41, 5.74) is 0.945. The fourth-order valence-corrected chi connectivity index (χ4v) is 3.68. The molecular formula is C19H17O3P. The Labute approximate surface area is 136 Å². The molecule has 0 N–H and O–H groups in total. The van der Waals surface area contributed by atoms with Crippen molar-refractivity contribution in [1.82, 2.24) is 0 Å². The van der Waals surface area contributed by atoms with Crippen molar-refractivity contribution in [1.29, 1.82) is 0 Å². The third-order valence-corrected chi connectivity index (χ3v) is 5.14. The Morgan fingerprint density at radius 2 is 1.22 bits per heavy atom. The van der Waals surface area contributed by atoms with Gasteiger partial charge >= 0.3 is 7.60 Å². The highest BCUT2D eigenvalue weighted by Crippen LogP contribution is 2.47. The van der Waals surface area contributed by atoms with Gasteiger partial charge in [0, 0.05) is 0 Å². The van der Waals surface area contributed by atoms with Crippen LogP contribution in [-0.2, 0) is 15.7 Å². The molecule has 0 aliphatic heterocycles. The van der Waals surface area contributed by atoms with E-state index in [4.69, 9.17) is 9.05 Å². The molecule has 0 amide bonds. The summed E-state index contributed by atoms with van der Waals surface area (Å²) >= 11 is 0. The van der Waals surface area contributed by atoms with Gasteiger partial charge in [-0.1, -0.05) is 66.7 Å². The fourth-order valence-electron chi connectivity index (χ4n) is 2.12. The summed E-state index contributed by atoms with van der Waals surface area (Å²) in [6.45, 7) is 0.222. The van der Waals surface area contributed by atoms with Crippen LogP contribution in [0.25, 0.3) is 0 Å². The second-order valence-electron chi connectivity index (χ2n) is 5.00. The predicted octanol–water partition coefficient (Wildman–Crippen LogP) is 4.80. The number of para-hydroxylation sites is 1. The maximum absolute atomic E-state index is 13.3. The van der Waals surface area contributed by atoms with Crippen molar-refractivity contribution in [3.05, 3.63) is 96.6 Å². The Kier molecular flexibility index (Phi) is 4.92. The molecule has 0 aliphatic carbocycles. The number of hydrogen-bond acceptors (Lipinski definition) is 3. The van der Waals surface area contributed by atoms with Crippen LogP contribution in [0, 0.1) is 0 Å². The Balaban J connectivity index is 1.86. The number of rotatable bonds is 6. The zero-order valence-corrected chi connectivity index (χ0v) is 13.4. The van der Waals surface area contributed by atoms with E-state index >= 15 is 0 Å². The summed E-state index contributed by atoms with van der Waals surface area (Å²) in [5.74, 6) is 0.521. The van der Waals surface area contributed by atoms with Gasteiger partial charge in [-0.05, 0) is 29.8 Å². The van der Waals surface area contributed by atoms with Crippen LogP contribution in [0.3, 0.4) is 0 Å². The monoisotopic (exact) mass is 324 g/mol. The standard InChI is InChI=1S/C19H17O3P/c20-23(19-14-8-3-9-15-19,22-18-12-6-2-7-13-18)21-16-17-10-4-1-5-11-17/h1-15H,16H2. The maximum Gasteiger partial charge on any atom is 0.411 e. The van der Waals surface area contributed by atoms with Gasteiger partial charge in [-0.15, -0.1) is 0 Å². The molecule has 0 aromatic heterocycles. The lowest BCUT2D eigenvalue weighted by molar-refractivity contribution is 0.264. The highest BCUT2D eigenvalue weighted by Gasteiger charge is 2.29. The van der Waals surface area contributed by atoms with E-state index in [9.17, 15) is 4.57 Å². The Bertz CT molecular complexity index is 773. The zero-order chi connectivity index (χ0) is 16.0. The van der Waals surface area contributed by atoms with E-state index in [0.717, 1.165) is 5.56 Å². The molecule has 1 unspecified atom stereocenters. The van der Waals surface area contributed by atoms with Gasteiger partial charge < -0.3 is 4.52 Å². The molecule has 0 spiro atoms. The molecule has 0 radical (unpaired) electrons. The van der Waals surface area contributed by atoms with E-state index in [0.29, 0.717) is 11.1 Å². The average Bonchev–Trinajstić information content (AvgIpc) is 2.63. The highest BCUT2D eigenvalue weighted by atomic mass is 31.2. The molecule has 1 atom stereocenters. The lowest BCUT2D eigenvalue weighted by atomic mass is 10.2. The van der Waals surface area contributed by atoms with Crippen LogP contribution in [0.4, 0.5) is 0 Å². The first-order valence-electron chi connectivity index (χ1n) is 7.35. The summed E-state index contributed by atoms with van der Waals surface area (Å²) in [5, 5.41) is 0.541. The minimum Gasteiger partial charge on any atom is -0.421 e. The molecule has 3 rings (SSSR count). The van der Waals surface area contributed by atoms with Gasteiger partial charge in [-0.25, -0.2) is 4.57 Å². The Morgan fingerprint density at radius 3 is 1.83 bits per heavy atom. The molecule has 3 aromatic rings. The van der Waals surface area contributed by atoms with Crippen LogP contribution >= 0.6 is 7.60 Å². The Hall–Kier alpha value is -2.35. The van der Waals surface area contributed by atoms with Crippen molar-refractivity contribution in [3.63, 3.8) is 0 Å². The first kappa shape index (κ1) is 15.5. The largest absolute Gasteiger partial charge is 0.421 e. The minimum atomic E-state index is -3.46. The van der Waals surface area contributed by atoms with E-state index in [1.807, 2.05) is 66.7 Å². The smallest absolute Gasteiger partial charge is 0.411 e. The van der Waals surface area contributed by atoms with Crippen LogP contribution in [0.15, 0.2) is 91.0 Å². The molecule has 0 bridgehead atoms. The summed E-state index contributed by atoms with van der Waals surface area (Å²) in [6, 6.07) is 27.7. The van der Waals surface area contributed by atoms with Crippen molar-refractivity contribution in [2.24, 2.45) is 0 Å². The second kappa shape index (κ2) is 7.28. The van der Waals surface area contributed by atoms with E-state index in [1.54, 1.807) is 24.3 Å². The van der Waals surface area contributed by atoms with Gasteiger partial charge in [0.05, 0.1) is 11.9 Å². The van der Waals surface area contributed by atoms with Crippen LogP contribution in [0.1, 0.15) is 5.56 Å². The summed E-state index contributed by atoms with van der Waals surface area (Å²) < 4.78 is 24.8. The molecule has 0 fully saturated rings. The lowest BCUT2D eigenvalue weighted by Gasteiger charge is -2.19. The van der Waals surface area contributed by atoms with Gasteiger partial charge in [0.1, 0.15) is 5.75 Å². The molecule has 0 saturated heterocycles. The molecule has 3 aromatic carbocycles. The zero-order valence-electron chi connectivity index (χ0n) is 12.5. The summed E-state index contributed by atoms with van der Waals surface area (Å²) in [7, 11) is -3.46. The normalized spacial score (nSPS) is 13.2. The number of hydrogen-bond donors (Lipinski definition) is 0. The molecule has 0 saturated carbocycles. The van der Waals surface area contributed by atoms with Crippen LogP contribution in [0.2, 0.25) is 0 Å². The topological polar surface area (TPSA) is 35.5 Å². The quantitative estimate of drug-likeness (QED) is 0.611. The molecular weight excluding hydrogens is 307 g/mol. The van der Waals surface area contributed by atoms with Crippen LogP contribution in [0.5, 0.6) is 5.75 Å². The van der Waals surface area contributed by atoms with E-state index < -0.39 is 7.60 Å². The van der Waals surface area contributed by atoms with E-state index in [-0.39, 0.29) is 6.61 Å². The SMILES string of the molecule is O=P(OCc1ccccc1)(Oc1ccccc1)c1ccccc1. The van der Waals surface area contributed by atoms with Crippen molar-refractivity contribution in [2.75, 3.05) is 0 Å². The Morgan fingerprint density at radius 1 is 0.696 bits per heavy atom. The average molecular weight is 324 g/mol. The van der Waals surface area contributed by atoms with Gasteiger partial charge in [-0.2, -0.15) is 0 Å². The first-order chi connectivity index (χ1) is 11.3. The minimum absolute atomic E-state index is 0.222. The molecule has 0 heterocycles. The molecule has 4 heteroatoms. The highest BCUT2D eigenvalue weighted by molar-refractivity contribution is 7.62. The summed E-state index contributed by atoms with van der Waals surface area (Å²) in [4.78, 5) is 0. The van der Waals surface area contributed by atoms with Gasteiger partial charge in [0.2, 0.25) is 0 Å². The van der Waals surface area contributed by atoms with Crippen LogP contribution in [-0.4, -0.2) is 0 Å². The van der Waals surface area contributed by atoms with Crippen molar-refractivity contribution in [3.8, 4) is 5.75 Å². The third kappa shape index (κ3) is 4.10. The van der Waals surface area contributed by atoms with Crippen molar-refractivity contribution in [2.45, 2.75) is 6.61 Å². The molecule has 3 nitrogen and oxygen atoms in total. The van der Waals surface area contributed by atoms with Gasteiger partial charge in [0.25, 0.3) is 0 Å². The van der Waals surface area contributed by atoms with Gasteiger partial charge in [0.15, 0.2) is 0 Å². The van der Waals surface area contributed by atoms with Crippen LogP contribution < -0.4 is 9.83 Å². The van der Waals surface area contributed by atoms with Crippen molar-refractivity contribution < 1.29 is 13.6 Å². The molecule has 116 valence electrons. The first-order valence-corrected chi connectivity index (χ1v) is 8.89. The number of benzene rings is 3.